The van der Waals surface area contributed by atoms with Gasteiger partial charge in [-0.2, -0.15) is 0 Å². The van der Waals surface area contributed by atoms with Crippen LogP contribution in [0, 0.1) is 5.92 Å². The van der Waals surface area contributed by atoms with Crippen molar-refractivity contribution in [3.05, 3.63) is 0 Å². The Balaban J connectivity index is 1.63. The zero-order chi connectivity index (χ0) is 11.6. The van der Waals surface area contributed by atoms with E-state index in [1.54, 1.807) is 0 Å². The number of piperidine rings is 3. The largest absolute Gasteiger partial charge is 0.311 e. The summed E-state index contributed by atoms with van der Waals surface area (Å²) in [4.78, 5) is 2.61. The quantitative estimate of drug-likeness (QED) is 0.701. The molecule has 0 spiro atoms. The smallest absolute Gasteiger partial charge is 0.0224 e. The highest BCUT2D eigenvalue weighted by Gasteiger charge is 2.33. The number of nitrogens with zero attached hydrogens (tertiary/aromatic N) is 1. The van der Waals surface area contributed by atoms with E-state index in [0.29, 0.717) is 0 Å². The van der Waals surface area contributed by atoms with Gasteiger partial charge in [-0.3, -0.25) is 0 Å². The Labute approximate surface area is 100.0 Å². The van der Waals surface area contributed by atoms with Crippen molar-refractivity contribution >= 4 is 0 Å². The molecule has 3 rings (SSSR count). The molecule has 1 unspecified atom stereocenters. The molecule has 3 aliphatic heterocycles. The van der Waals surface area contributed by atoms with Gasteiger partial charge in [0.15, 0.2) is 0 Å². The first-order valence-electron chi connectivity index (χ1n) is 6.75. The lowest BCUT2D eigenvalue weighted by molar-refractivity contribution is 0.0728. The average Bonchev–Trinajstić information content (AvgIpc) is 2.25. The molecule has 3 saturated heterocycles. The van der Waals surface area contributed by atoms with E-state index in [4.69, 9.17) is 0 Å². The van der Waals surface area contributed by atoms with Gasteiger partial charge in [-0.25, -0.2) is 0 Å². The van der Waals surface area contributed by atoms with Crippen LogP contribution in [-0.4, -0.2) is 49.2 Å². The summed E-state index contributed by atoms with van der Waals surface area (Å²) in [5, 5.41) is 7.25. The summed E-state index contributed by atoms with van der Waals surface area (Å²) in [6.45, 7) is 12.8. The standard InChI is InChI=1S/C13H27N3/c1-13(2,3)15-7-6-14-12-10-16-8-4-11(12)5-9-16/h11-12,14-15H,4-10H2,1-3H3. The van der Waals surface area contributed by atoms with Gasteiger partial charge in [-0.05, 0) is 52.6 Å². The number of hydrogen-bond acceptors (Lipinski definition) is 3. The molecule has 3 nitrogen and oxygen atoms in total. The van der Waals surface area contributed by atoms with Crippen LogP contribution in [0.15, 0.2) is 0 Å². The van der Waals surface area contributed by atoms with E-state index in [1.165, 1.54) is 32.5 Å². The highest BCUT2D eigenvalue weighted by atomic mass is 15.2. The Morgan fingerprint density at radius 2 is 1.81 bits per heavy atom. The lowest BCUT2D eigenvalue weighted by Crippen LogP contribution is -2.57. The molecule has 0 aromatic heterocycles. The van der Waals surface area contributed by atoms with Crippen LogP contribution in [0.25, 0.3) is 0 Å². The number of nitrogens with one attached hydrogen (secondary N) is 2. The monoisotopic (exact) mass is 225 g/mol. The molecule has 94 valence electrons. The normalized spacial score (nSPS) is 34.3. The van der Waals surface area contributed by atoms with Gasteiger partial charge in [0.1, 0.15) is 0 Å². The van der Waals surface area contributed by atoms with Crippen LogP contribution in [0.2, 0.25) is 0 Å². The van der Waals surface area contributed by atoms with Gasteiger partial charge in [0.2, 0.25) is 0 Å². The molecule has 3 heteroatoms. The van der Waals surface area contributed by atoms with Crippen LogP contribution in [-0.2, 0) is 0 Å². The summed E-state index contributed by atoms with van der Waals surface area (Å²) in [6, 6.07) is 0.754. The zero-order valence-electron chi connectivity index (χ0n) is 11.1. The van der Waals surface area contributed by atoms with Gasteiger partial charge in [0.05, 0.1) is 0 Å². The minimum atomic E-state index is 0.247. The number of hydrogen-bond donors (Lipinski definition) is 2. The topological polar surface area (TPSA) is 27.3 Å². The summed E-state index contributed by atoms with van der Waals surface area (Å²) in [7, 11) is 0. The van der Waals surface area contributed by atoms with Gasteiger partial charge >= 0.3 is 0 Å². The Morgan fingerprint density at radius 3 is 2.31 bits per heavy atom. The van der Waals surface area contributed by atoms with E-state index in [-0.39, 0.29) is 5.54 Å². The third kappa shape index (κ3) is 3.44. The van der Waals surface area contributed by atoms with Crippen LogP contribution >= 0.6 is 0 Å². The molecule has 0 aliphatic carbocycles. The first-order chi connectivity index (χ1) is 7.54. The van der Waals surface area contributed by atoms with Crippen LogP contribution < -0.4 is 10.6 Å². The maximum absolute atomic E-state index is 3.72. The average molecular weight is 225 g/mol. The van der Waals surface area contributed by atoms with E-state index in [2.05, 4.69) is 36.3 Å². The first kappa shape index (κ1) is 12.3. The molecule has 0 saturated carbocycles. The Kier molecular flexibility index (Phi) is 3.88. The van der Waals surface area contributed by atoms with Gasteiger partial charge in [-0.15, -0.1) is 0 Å². The SMILES string of the molecule is CC(C)(C)NCCNC1CN2CCC1CC2. The Morgan fingerprint density at radius 1 is 1.12 bits per heavy atom. The van der Waals surface area contributed by atoms with E-state index in [9.17, 15) is 0 Å². The van der Waals surface area contributed by atoms with Crippen molar-refractivity contribution in [3.63, 3.8) is 0 Å². The van der Waals surface area contributed by atoms with Gasteiger partial charge in [-0.1, -0.05) is 0 Å². The minimum absolute atomic E-state index is 0.247. The second-order valence-electron chi connectivity index (χ2n) is 6.38. The predicted octanol–water partition coefficient (Wildman–Crippen LogP) is 1.06. The van der Waals surface area contributed by atoms with Gasteiger partial charge in [0.25, 0.3) is 0 Å². The van der Waals surface area contributed by atoms with Crippen LogP contribution in [0.4, 0.5) is 0 Å². The third-order valence-corrected chi connectivity index (χ3v) is 3.84. The maximum atomic E-state index is 3.72. The molecule has 2 bridgehead atoms. The summed E-state index contributed by atoms with van der Waals surface area (Å²) in [5.41, 5.74) is 0.247. The van der Waals surface area contributed by atoms with Crippen LogP contribution in [0.1, 0.15) is 33.6 Å². The van der Waals surface area contributed by atoms with Crippen LogP contribution in [0.5, 0.6) is 0 Å². The van der Waals surface area contributed by atoms with Crippen molar-refractivity contribution in [2.75, 3.05) is 32.7 Å². The molecule has 0 radical (unpaired) electrons. The molecule has 16 heavy (non-hydrogen) atoms. The molecule has 3 heterocycles. The van der Waals surface area contributed by atoms with Crippen molar-refractivity contribution in [2.45, 2.75) is 45.2 Å². The van der Waals surface area contributed by atoms with E-state index in [1.807, 2.05) is 0 Å². The molecule has 1 atom stereocenters. The second-order valence-corrected chi connectivity index (χ2v) is 6.38. The van der Waals surface area contributed by atoms with Crippen molar-refractivity contribution in [3.8, 4) is 0 Å². The van der Waals surface area contributed by atoms with Crippen molar-refractivity contribution < 1.29 is 0 Å². The summed E-state index contributed by atoms with van der Waals surface area (Å²) in [6.07, 6.45) is 2.81. The minimum Gasteiger partial charge on any atom is -0.311 e. The molecular formula is C13H27N3. The number of fused-ring (bicyclic) bond motifs is 3. The fraction of sp³-hybridized carbons (Fsp3) is 1.00. The highest BCUT2D eigenvalue weighted by molar-refractivity contribution is 4.90. The number of rotatable bonds is 4. The lowest BCUT2D eigenvalue weighted by Gasteiger charge is -2.45. The predicted molar refractivity (Wildman–Crippen MR) is 68.7 cm³/mol. The molecule has 0 amide bonds. The maximum Gasteiger partial charge on any atom is 0.0224 e. The Hall–Kier alpha value is -0.120. The molecular weight excluding hydrogens is 198 g/mol. The fourth-order valence-electron chi connectivity index (χ4n) is 2.89. The Bertz CT molecular complexity index is 214. The molecule has 0 aromatic rings. The van der Waals surface area contributed by atoms with Crippen molar-refractivity contribution in [1.29, 1.82) is 0 Å². The van der Waals surface area contributed by atoms with E-state index in [0.717, 1.165) is 25.0 Å². The first-order valence-corrected chi connectivity index (χ1v) is 6.75. The third-order valence-electron chi connectivity index (χ3n) is 3.84. The van der Waals surface area contributed by atoms with Crippen molar-refractivity contribution in [1.82, 2.24) is 15.5 Å². The van der Waals surface area contributed by atoms with Gasteiger partial charge < -0.3 is 15.5 Å². The molecule has 0 aromatic carbocycles. The highest BCUT2D eigenvalue weighted by Crippen LogP contribution is 2.27. The van der Waals surface area contributed by atoms with Gasteiger partial charge in [0, 0.05) is 31.2 Å². The van der Waals surface area contributed by atoms with Crippen molar-refractivity contribution in [2.24, 2.45) is 5.92 Å². The summed E-state index contributed by atoms with van der Waals surface area (Å²) in [5.74, 6) is 0.944. The second kappa shape index (κ2) is 5.03. The van der Waals surface area contributed by atoms with E-state index >= 15 is 0 Å². The summed E-state index contributed by atoms with van der Waals surface area (Å²) < 4.78 is 0. The summed E-state index contributed by atoms with van der Waals surface area (Å²) >= 11 is 0. The zero-order valence-corrected chi connectivity index (χ0v) is 11.1. The molecule has 2 N–H and O–H groups in total. The fourth-order valence-corrected chi connectivity index (χ4v) is 2.89. The van der Waals surface area contributed by atoms with E-state index < -0.39 is 0 Å². The van der Waals surface area contributed by atoms with Crippen LogP contribution in [0.3, 0.4) is 0 Å². The molecule has 3 fully saturated rings. The lowest BCUT2D eigenvalue weighted by atomic mass is 9.84. The molecule has 3 aliphatic rings.